The van der Waals surface area contributed by atoms with E-state index in [9.17, 15) is 4.79 Å². The Morgan fingerprint density at radius 1 is 1.07 bits per heavy atom. The minimum absolute atomic E-state index is 0.129. The van der Waals surface area contributed by atoms with Crippen molar-refractivity contribution < 1.29 is 23.5 Å². The summed E-state index contributed by atoms with van der Waals surface area (Å²) in [5, 5.41) is 6.97. The molecule has 0 aliphatic carbocycles. The minimum Gasteiger partial charge on any atom is -0.493 e. The molecule has 0 bridgehead atoms. The van der Waals surface area contributed by atoms with Crippen molar-refractivity contribution in [3.05, 3.63) is 47.3 Å². The Kier molecular flexibility index (Phi) is 6.25. The van der Waals surface area contributed by atoms with Crippen LogP contribution in [-0.4, -0.2) is 37.4 Å². The third kappa shape index (κ3) is 4.07. The topological polar surface area (TPSA) is 95.7 Å². The second kappa shape index (κ2) is 8.86. The van der Waals surface area contributed by atoms with Crippen LogP contribution in [0.5, 0.6) is 17.2 Å². The third-order valence-corrected chi connectivity index (χ3v) is 4.63. The van der Waals surface area contributed by atoms with Crippen LogP contribution in [0.1, 0.15) is 41.5 Å². The van der Waals surface area contributed by atoms with Gasteiger partial charge in [-0.3, -0.25) is 4.79 Å². The molecule has 1 amide bonds. The van der Waals surface area contributed by atoms with Crippen molar-refractivity contribution in [1.82, 2.24) is 10.1 Å². The number of para-hydroxylation sites is 1. The first-order valence-electron chi connectivity index (χ1n) is 9.44. The van der Waals surface area contributed by atoms with Gasteiger partial charge < -0.3 is 24.1 Å². The lowest BCUT2D eigenvalue weighted by Gasteiger charge is -2.15. The molecule has 0 aliphatic rings. The Hall–Kier alpha value is -3.55. The molecule has 8 heteroatoms. The average molecular weight is 411 g/mol. The molecular weight excluding hydrogens is 386 g/mol. The molecule has 1 heterocycles. The predicted molar refractivity (Wildman–Crippen MR) is 113 cm³/mol. The summed E-state index contributed by atoms with van der Waals surface area (Å²) in [4.78, 5) is 17.5. The van der Waals surface area contributed by atoms with Crippen LogP contribution in [0.4, 0.5) is 5.69 Å². The van der Waals surface area contributed by atoms with E-state index in [1.807, 2.05) is 39.0 Å². The van der Waals surface area contributed by atoms with Crippen molar-refractivity contribution in [2.45, 2.75) is 26.7 Å². The Balaban J connectivity index is 2.00. The van der Waals surface area contributed by atoms with Gasteiger partial charge in [-0.2, -0.15) is 4.98 Å². The van der Waals surface area contributed by atoms with Crippen molar-refractivity contribution in [2.24, 2.45) is 0 Å². The number of amides is 1. The van der Waals surface area contributed by atoms with Crippen LogP contribution < -0.4 is 19.5 Å². The molecule has 30 heavy (non-hydrogen) atoms. The summed E-state index contributed by atoms with van der Waals surface area (Å²) in [5.74, 6) is 1.95. The third-order valence-electron chi connectivity index (χ3n) is 4.63. The first-order valence-corrected chi connectivity index (χ1v) is 9.44. The quantitative estimate of drug-likeness (QED) is 0.614. The van der Waals surface area contributed by atoms with E-state index in [0.29, 0.717) is 45.8 Å². The van der Waals surface area contributed by atoms with Gasteiger partial charge in [0.25, 0.3) is 11.8 Å². The van der Waals surface area contributed by atoms with Crippen LogP contribution in [0.15, 0.2) is 34.9 Å². The van der Waals surface area contributed by atoms with Crippen molar-refractivity contribution in [3.8, 4) is 28.7 Å². The first-order chi connectivity index (χ1) is 14.4. The number of methoxy groups -OCH3 is 3. The van der Waals surface area contributed by atoms with Gasteiger partial charge in [-0.15, -0.1) is 0 Å². The maximum absolute atomic E-state index is 13.1. The number of carbonyl (C=O) groups is 1. The summed E-state index contributed by atoms with van der Waals surface area (Å²) in [6.45, 7) is 5.87. The molecule has 0 spiro atoms. The number of carbonyl (C=O) groups excluding carboxylic acids is 1. The van der Waals surface area contributed by atoms with Gasteiger partial charge in [0, 0.05) is 11.5 Å². The predicted octanol–water partition coefficient (Wildman–Crippen LogP) is 4.45. The van der Waals surface area contributed by atoms with Gasteiger partial charge >= 0.3 is 0 Å². The van der Waals surface area contributed by atoms with E-state index in [0.717, 1.165) is 5.56 Å². The molecule has 1 aromatic heterocycles. The van der Waals surface area contributed by atoms with Gasteiger partial charge in [-0.05, 0) is 30.7 Å². The zero-order valence-corrected chi connectivity index (χ0v) is 17.9. The van der Waals surface area contributed by atoms with Gasteiger partial charge in [0.2, 0.25) is 5.75 Å². The number of ether oxygens (including phenoxy) is 3. The summed E-state index contributed by atoms with van der Waals surface area (Å²) < 4.78 is 21.4. The fourth-order valence-electron chi connectivity index (χ4n) is 2.99. The second-order valence-corrected chi connectivity index (χ2v) is 6.98. The molecule has 0 aliphatic heterocycles. The lowest BCUT2D eigenvalue weighted by atomic mass is 10.1. The number of hydrogen-bond acceptors (Lipinski definition) is 7. The second-order valence-electron chi connectivity index (χ2n) is 6.98. The number of hydrogen-bond donors (Lipinski definition) is 1. The van der Waals surface area contributed by atoms with E-state index in [4.69, 9.17) is 18.7 Å². The van der Waals surface area contributed by atoms with Gasteiger partial charge in [-0.25, -0.2) is 0 Å². The lowest BCUT2D eigenvalue weighted by molar-refractivity contribution is 0.102. The molecule has 0 unspecified atom stereocenters. The summed E-state index contributed by atoms with van der Waals surface area (Å²) in [6, 6.07) is 8.79. The van der Waals surface area contributed by atoms with E-state index in [1.54, 1.807) is 12.1 Å². The van der Waals surface area contributed by atoms with Gasteiger partial charge in [0.1, 0.15) is 0 Å². The van der Waals surface area contributed by atoms with Crippen LogP contribution in [-0.2, 0) is 0 Å². The molecule has 2 aromatic carbocycles. The van der Waals surface area contributed by atoms with Crippen LogP contribution in [0.2, 0.25) is 0 Å². The van der Waals surface area contributed by atoms with Gasteiger partial charge in [-0.1, -0.05) is 31.1 Å². The van der Waals surface area contributed by atoms with E-state index in [1.165, 1.54) is 21.3 Å². The highest BCUT2D eigenvalue weighted by Crippen LogP contribution is 2.39. The van der Waals surface area contributed by atoms with Crippen LogP contribution >= 0.6 is 0 Å². The van der Waals surface area contributed by atoms with Gasteiger partial charge in [0.05, 0.1) is 32.6 Å². The van der Waals surface area contributed by atoms with Crippen LogP contribution in [0.25, 0.3) is 11.5 Å². The molecule has 3 rings (SSSR count). The van der Waals surface area contributed by atoms with Crippen molar-refractivity contribution in [1.29, 1.82) is 0 Å². The number of nitrogens with one attached hydrogen (secondary N) is 1. The molecule has 0 fully saturated rings. The fraction of sp³-hybridized carbons (Fsp3) is 0.318. The summed E-state index contributed by atoms with van der Waals surface area (Å²) in [6.07, 6.45) is 0. The zero-order valence-electron chi connectivity index (χ0n) is 17.9. The Morgan fingerprint density at radius 2 is 1.73 bits per heavy atom. The van der Waals surface area contributed by atoms with E-state index in [2.05, 4.69) is 15.5 Å². The number of nitrogens with zero attached hydrogens (tertiary/aromatic N) is 2. The largest absolute Gasteiger partial charge is 0.493 e. The smallest absolute Gasteiger partial charge is 0.260 e. The normalized spacial score (nSPS) is 10.8. The molecule has 158 valence electrons. The average Bonchev–Trinajstić information content (AvgIpc) is 3.24. The monoisotopic (exact) mass is 411 g/mol. The minimum atomic E-state index is -0.339. The number of aromatic nitrogens is 2. The van der Waals surface area contributed by atoms with Crippen molar-refractivity contribution in [2.75, 3.05) is 26.6 Å². The van der Waals surface area contributed by atoms with Gasteiger partial charge in [0.15, 0.2) is 17.3 Å². The molecule has 0 radical (unpaired) electrons. The summed E-state index contributed by atoms with van der Waals surface area (Å²) >= 11 is 0. The number of anilines is 1. The Bertz CT molecular complexity index is 1030. The fourth-order valence-corrected chi connectivity index (χ4v) is 2.99. The first kappa shape index (κ1) is 21.2. The standard InChI is InChI=1S/C22H25N3O5/c1-12(2)20-24-22(30-25-20)15-9-7-8-13(3)18(15)23-21(26)14-10-16(27-4)19(29-6)17(11-14)28-5/h7-12H,1-6H3,(H,23,26). The maximum atomic E-state index is 13.1. The highest BCUT2D eigenvalue weighted by molar-refractivity contribution is 6.07. The molecule has 8 nitrogen and oxygen atoms in total. The lowest BCUT2D eigenvalue weighted by Crippen LogP contribution is -2.14. The summed E-state index contributed by atoms with van der Waals surface area (Å²) in [7, 11) is 4.51. The Morgan fingerprint density at radius 3 is 2.27 bits per heavy atom. The van der Waals surface area contributed by atoms with Crippen LogP contribution in [0.3, 0.4) is 0 Å². The number of benzene rings is 2. The van der Waals surface area contributed by atoms with E-state index >= 15 is 0 Å². The highest BCUT2D eigenvalue weighted by Gasteiger charge is 2.21. The summed E-state index contributed by atoms with van der Waals surface area (Å²) in [5.41, 5.74) is 2.45. The number of rotatable bonds is 7. The molecular formula is C22H25N3O5. The Labute approximate surface area is 175 Å². The van der Waals surface area contributed by atoms with Crippen LogP contribution in [0, 0.1) is 6.92 Å². The molecule has 3 aromatic rings. The number of aryl methyl sites for hydroxylation is 1. The molecule has 1 N–H and O–H groups in total. The SMILES string of the molecule is COc1cc(C(=O)Nc2c(C)cccc2-c2nc(C(C)C)no2)cc(OC)c1OC. The van der Waals surface area contributed by atoms with Crippen molar-refractivity contribution >= 4 is 11.6 Å². The van der Waals surface area contributed by atoms with E-state index < -0.39 is 0 Å². The van der Waals surface area contributed by atoms with Crippen molar-refractivity contribution in [3.63, 3.8) is 0 Å². The molecule has 0 atom stereocenters. The zero-order chi connectivity index (χ0) is 21.8. The maximum Gasteiger partial charge on any atom is 0.260 e. The molecule has 0 saturated heterocycles. The van der Waals surface area contributed by atoms with E-state index in [-0.39, 0.29) is 11.8 Å². The highest BCUT2D eigenvalue weighted by atomic mass is 16.5. The molecule has 0 saturated carbocycles.